The monoisotopic (exact) mass is 280 g/mol. The summed E-state index contributed by atoms with van der Waals surface area (Å²) < 4.78 is 13.5. The van der Waals surface area contributed by atoms with Crippen molar-refractivity contribution in [1.82, 2.24) is 4.98 Å². The maximum Gasteiger partial charge on any atom is 0.337 e. The second kappa shape index (κ2) is 5.67. The summed E-state index contributed by atoms with van der Waals surface area (Å²) in [6, 6.07) is 7.20. The Labute approximate surface area is 113 Å². The number of aromatic carboxylic acids is 1. The van der Waals surface area contributed by atoms with Gasteiger partial charge in [0, 0.05) is 11.2 Å². The number of carboxylic acids is 1. The molecule has 0 radical (unpaired) electrons. The summed E-state index contributed by atoms with van der Waals surface area (Å²) in [6.07, 6.45) is 1.49. The van der Waals surface area contributed by atoms with Crippen molar-refractivity contribution in [2.45, 2.75) is 6.54 Å². The molecule has 2 N–H and O–H groups in total. The molecular weight excluding hydrogens is 271 g/mol. The molecule has 0 spiro atoms. The Morgan fingerprint density at radius 1 is 1.42 bits per heavy atom. The van der Waals surface area contributed by atoms with E-state index in [2.05, 4.69) is 10.3 Å². The number of benzene rings is 1. The molecule has 1 aromatic heterocycles. The zero-order chi connectivity index (χ0) is 13.8. The summed E-state index contributed by atoms with van der Waals surface area (Å²) in [5, 5.41) is 12.1. The smallest absolute Gasteiger partial charge is 0.337 e. The van der Waals surface area contributed by atoms with Crippen molar-refractivity contribution >= 4 is 23.3 Å². The van der Waals surface area contributed by atoms with Crippen molar-refractivity contribution < 1.29 is 14.3 Å². The van der Waals surface area contributed by atoms with Crippen LogP contribution in [-0.2, 0) is 6.54 Å². The third-order valence-electron chi connectivity index (χ3n) is 2.50. The molecule has 0 aliphatic carbocycles. The van der Waals surface area contributed by atoms with Gasteiger partial charge in [0.05, 0.1) is 23.5 Å². The van der Waals surface area contributed by atoms with Crippen LogP contribution in [0.4, 0.5) is 10.1 Å². The fourth-order valence-electron chi connectivity index (χ4n) is 1.59. The molecule has 0 aliphatic heterocycles. The number of pyridine rings is 1. The maximum absolute atomic E-state index is 13.5. The summed E-state index contributed by atoms with van der Waals surface area (Å²) in [5.41, 5.74) is 0.667. The lowest BCUT2D eigenvalue weighted by Gasteiger charge is -2.09. The van der Waals surface area contributed by atoms with E-state index < -0.39 is 11.8 Å². The van der Waals surface area contributed by atoms with E-state index in [1.165, 1.54) is 30.5 Å². The van der Waals surface area contributed by atoms with Crippen molar-refractivity contribution in [2.24, 2.45) is 0 Å². The van der Waals surface area contributed by atoms with Crippen LogP contribution in [-0.4, -0.2) is 16.1 Å². The number of hydrogen-bond acceptors (Lipinski definition) is 3. The topological polar surface area (TPSA) is 62.2 Å². The number of anilines is 1. The van der Waals surface area contributed by atoms with Crippen molar-refractivity contribution in [3.05, 3.63) is 58.6 Å². The minimum Gasteiger partial charge on any atom is -0.478 e. The van der Waals surface area contributed by atoms with Crippen molar-refractivity contribution in [2.75, 3.05) is 5.32 Å². The molecule has 98 valence electrons. The standard InChI is InChI=1S/C13H10ClFN2O2/c14-8-3-4-11(10(15)6-8)17-7-12-9(13(18)19)2-1-5-16-12/h1-6,17H,7H2,(H,18,19). The van der Waals surface area contributed by atoms with E-state index in [1.807, 2.05) is 0 Å². The van der Waals surface area contributed by atoms with E-state index in [4.69, 9.17) is 16.7 Å². The van der Waals surface area contributed by atoms with E-state index >= 15 is 0 Å². The second-order valence-electron chi connectivity index (χ2n) is 3.78. The van der Waals surface area contributed by atoms with Crippen LogP contribution in [0.15, 0.2) is 36.5 Å². The number of aromatic nitrogens is 1. The average Bonchev–Trinajstić information content (AvgIpc) is 2.38. The Bertz CT molecular complexity index is 619. The fraction of sp³-hybridized carbons (Fsp3) is 0.0769. The van der Waals surface area contributed by atoms with Crippen molar-refractivity contribution in [1.29, 1.82) is 0 Å². The number of carboxylic acid groups (broad SMARTS) is 1. The van der Waals surface area contributed by atoms with Gasteiger partial charge in [0.15, 0.2) is 0 Å². The van der Waals surface area contributed by atoms with Crippen LogP contribution in [0.5, 0.6) is 0 Å². The Hall–Kier alpha value is -2.14. The molecule has 1 aromatic carbocycles. The summed E-state index contributed by atoms with van der Waals surface area (Å²) >= 11 is 5.64. The third-order valence-corrected chi connectivity index (χ3v) is 2.73. The average molecular weight is 281 g/mol. The number of nitrogens with one attached hydrogen (secondary N) is 1. The number of halogens is 2. The third kappa shape index (κ3) is 3.20. The minimum absolute atomic E-state index is 0.0874. The second-order valence-corrected chi connectivity index (χ2v) is 4.22. The van der Waals surface area contributed by atoms with Crippen LogP contribution in [0.1, 0.15) is 16.1 Å². The first kappa shape index (κ1) is 13.3. The van der Waals surface area contributed by atoms with Gasteiger partial charge in [0.1, 0.15) is 5.82 Å². The Balaban J connectivity index is 2.17. The zero-order valence-corrected chi connectivity index (χ0v) is 10.5. The van der Waals surface area contributed by atoms with Gasteiger partial charge < -0.3 is 10.4 Å². The predicted molar refractivity (Wildman–Crippen MR) is 69.9 cm³/mol. The highest BCUT2D eigenvalue weighted by molar-refractivity contribution is 6.30. The quantitative estimate of drug-likeness (QED) is 0.903. The van der Waals surface area contributed by atoms with Crippen LogP contribution in [0, 0.1) is 5.82 Å². The van der Waals surface area contributed by atoms with E-state index in [0.29, 0.717) is 10.7 Å². The van der Waals surface area contributed by atoms with E-state index in [1.54, 1.807) is 6.07 Å². The number of hydrogen-bond donors (Lipinski definition) is 2. The Morgan fingerprint density at radius 2 is 2.21 bits per heavy atom. The van der Waals surface area contributed by atoms with Gasteiger partial charge in [-0.25, -0.2) is 9.18 Å². The van der Waals surface area contributed by atoms with Crippen LogP contribution in [0.25, 0.3) is 0 Å². The zero-order valence-electron chi connectivity index (χ0n) is 9.73. The molecule has 0 amide bonds. The molecule has 0 atom stereocenters. The SMILES string of the molecule is O=C(O)c1cccnc1CNc1ccc(Cl)cc1F. The predicted octanol–water partition coefficient (Wildman–Crippen LogP) is 3.18. The largest absolute Gasteiger partial charge is 0.478 e. The van der Waals surface area contributed by atoms with Gasteiger partial charge in [-0.15, -0.1) is 0 Å². The highest BCUT2D eigenvalue weighted by Crippen LogP contribution is 2.19. The van der Waals surface area contributed by atoms with Crippen LogP contribution >= 0.6 is 11.6 Å². The first-order valence-electron chi connectivity index (χ1n) is 5.44. The van der Waals surface area contributed by atoms with Crippen LogP contribution < -0.4 is 5.32 Å². The number of carbonyl (C=O) groups is 1. The van der Waals surface area contributed by atoms with Crippen LogP contribution in [0.3, 0.4) is 0 Å². The molecule has 2 rings (SSSR count). The van der Waals surface area contributed by atoms with E-state index in [9.17, 15) is 9.18 Å². The van der Waals surface area contributed by atoms with Crippen molar-refractivity contribution in [3.8, 4) is 0 Å². The van der Waals surface area contributed by atoms with Crippen molar-refractivity contribution in [3.63, 3.8) is 0 Å². The molecular formula is C13H10ClFN2O2. The highest BCUT2D eigenvalue weighted by Gasteiger charge is 2.11. The van der Waals surface area contributed by atoms with E-state index in [-0.39, 0.29) is 17.8 Å². The highest BCUT2D eigenvalue weighted by atomic mass is 35.5. The van der Waals surface area contributed by atoms with Gasteiger partial charge in [0.25, 0.3) is 0 Å². The van der Waals surface area contributed by atoms with E-state index in [0.717, 1.165) is 0 Å². The molecule has 6 heteroatoms. The Kier molecular flexibility index (Phi) is 3.97. The molecule has 1 heterocycles. The molecule has 0 saturated heterocycles. The summed E-state index contributed by atoms with van der Waals surface area (Å²) in [7, 11) is 0. The summed E-state index contributed by atoms with van der Waals surface area (Å²) in [5.74, 6) is -1.57. The molecule has 0 unspecified atom stereocenters. The van der Waals surface area contributed by atoms with Crippen LogP contribution in [0.2, 0.25) is 5.02 Å². The maximum atomic E-state index is 13.5. The van der Waals surface area contributed by atoms with Gasteiger partial charge in [-0.3, -0.25) is 4.98 Å². The first-order valence-corrected chi connectivity index (χ1v) is 5.82. The first-order chi connectivity index (χ1) is 9.08. The summed E-state index contributed by atoms with van der Waals surface area (Å²) in [4.78, 5) is 15.0. The molecule has 4 nitrogen and oxygen atoms in total. The normalized spacial score (nSPS) is 10.2. The minimum atomic E-state index is -1.07. The Morgan fingerprint density at radius 3 is 2.89 bits per heavy atom. The van der Waals surface area contributed by atoms with Gasteiger partial charge in [-0.05, 0) is 30.3 Å². The molecule has 0 aliphatic rings. The molecule has 19 heavy (non-hydrogen) atoms. The molecule has 0 bridgehead atoms. The van der Waals surface area contributed by atoms with Gasteiger partial charge >= 0.3 is 5.97 Å². The number of nitrogens with zero attached hydrogens (tertiary/aromatic N) is 1. The lowest BCUT2D eigenvalue weighted by molar-refractivity contribution is 0.0695. The lowest BCUT2D eigenvalue weighted by Crippen LogP contribution is -2.09. The van der Waals surface area contributed by atoms with Gasteiger partial charge in [-0.2, -0.15) is 0 Å². The fourth-order valence-corrected chi connectivity index (χ4v) is 1.74. The summed E-state index contributed by atoms with van der Waals surface area (Å²) in [6.45, 7) is 0.112. The van der Waals surface area contributed by atoms with Gasteiger partial charge in [-0.1, -0.05) is 11.6 Å². The molecule has 2 aromatic rings. The molecule has 0 saturated carbocycles. The van der Waals surface area contributed by atoms with Gasteiger partial charge in [0.2, 0.25) is 0 Å². The lowest BCUT2D eigenvalue weighted by atomic mass is 10.2. The number of rotatable bonds is 4. The molecule has 0 fully saturated rings.